The minimum absolute atomic E-state index is 0.0535. The lowest BCUT2D eigenvalue weighted by molar-refractivity contribution is -0.385. The molecular weight excluding hydrogens is 329 g/mol. The summed E-state index contributed by atoms with van der Waals surface area (Å²) in [7, 11) is 0. The van der Waals surface area contributed by atoms with Crippen molar-refractivity contribution in [3.63, 3.8) is 0 Å². The van der Waals surface area contributed by atoms with Crippen LogP contribution in [-0.4, -0.2) is 16.9 Å². The molecule has 0 unspecified atom stereocenters. The second kappa shape index (κ2) is 7.02. The lowest BCUT2D eigenvalue weighted by Gasteiger charge is -2.29. The van der Waals surface area contributed by atoms with Crippen LogP contribution in [0.3, 0.4) is 0 Å². The Morgan fingerprint density at radius 2 is 2.00 bits per heavy atom. The van der Waals surface area contributed by atoms with E-state index in [1.165, 1.54) is 6.07 Å². The maximum absolute atomic E-state index is 13.8. The summed E-state index contributed by atoms with van der Waals surface area (Å²) in [5.41, 5.74) is 0.110. The van der Waals surface area contributed by atoms with E-state index in [0.717, 1.165) is 24.2 Å². The molecule has 0 spiro atoms. The number of ether oxygens (including phenoxy) is 1. The molecule has 0 saturated heterocycles. The van der Waals surface area contributed by atoms with Crippen LogP contribution in [0.15, 0.2) is 12.1 Å². The van der Waals surface area contributed by atoms with E-state index in [1.807, 2.05) is 0 Å². The number of rotatable bonds is 7. The average molecular weight is 348 g/mol. The van der Waals surface area contributed by atoms with Gasteiger partial charge in [0.2, 0.25) is 0 Å². The van der Waals surface area contributed by atoms with Gasteiger partial charge in [-0.25, -0.2) is 4.39 Å². The van der Waals surface area contributed by atoms with Gasteiger partial charge in [-0.15, -0.1) is 0 Å². The number of nitrogens with zero attached hydrogens (tertiary/aromatic N) is 1. The maximum Gasteiger partial charge on any atom is 0.275 e. The number of aryl methyl sites for hydroxylation is 1. The van der Waals surface area contributed by atoms with Gasteiger partial charge in [-0.1, -0.05) is 29.8 Å². The number of benzene rings is 1. The largest absolute Gasteiger partial charge is 0.490 e. The SMILES string of the molecule is CCC(CC)(CBr)COc1cc(C)c([N+](=O)[O-])cc1F. The Bertz CT molecular complexity index is 481. The number of nitro groups is 1. The van der Waals surface area contributed by atoms with Gasteiger partial charge >= 0.3 is 0 Å². The van der Waals surface area contributed by atoms with Crippen LogP contribution >= 0.6 is 15.9 Å². The maximum atomic E-state index is 13.8. The van der Waals surface area contributed by atoms with Crippen molar-refractivity contribution in [1.82, 2.24) is 0 Å². The monoisotopic (exact) mass is 347 g/mol. The van der Waals surface area contributed by atoms with Crippen molar-refractivity contribution in [2.45, 2.75) is 33.6 Å². The Kier molecular flexibility index (Phi) is 5.92. The highest BCUT2D eigenvalue weighted by atomic mass is 79.9. The summed E-state index contributed by atoms with van der Waals surface area (Å²) in [6, 6.07) is 2.30. The Morgan fingerprint density at radius 1 is 1.40 bits per heavy atom. The van der Waals surface area contributed by atoms with Crippen molar-refractivity contribution in [3.05, 3.63) is 33.6 Å². The van der Waals surface area contributed by atoms with Crippen molar-refractivity contribution in [2.75, 3.05) is 11.9 Å². The van der Waals surface area contributed by atoms with E-state index in [-0.39, 0.29) is 16.9 Å². The van der Waals surface area contributed by atoms with E-state index in [9.17, 15) is 14.5 Å². The molecule has 0 heterocycles. The molecule has 112 valence electrons. The Labute approximate surface area is 126 Å². The molecule has 0 aliphatic carbocycles. The zero-order valence-corrected chi connectivity index (χ0v) is 13.5. The molecule has 0 bridgehead atoms. The van der Waals surface area contributed by atoms with Crippen LogP contribution in [0.2, 0.25) is 0 Å². The van der Waals surface area contributed by atoms with Gasteiger partial charge in [-0.2, -0.15) is 0 Å². The molecule has 1 aromatic rings. The van der Waals surface area contributed by atoms with Crippen LogP contribution in [0.5, 0.6) is 5.75 Å². The number of nitro benzene ring substituents is 1. The quantitative estimate of drug-likeness (QED) is 0.410. The fourth-order valence-corrected chi connectivity index (χ4v) is 2.82. The summed E-state index contributed by atoms with van der Waals surface area (Å²) in [6.45, 7) is 6.07. The fraction of sp³-hybridized carbons (Fsp3) is 0.571. The molecule has 0 aromatic heterocycles. The predicted octanol–water partition coefficient (Wildman–Crippen LogP) is 4.62. The van der Waals surface area contributed by atoms with Crippen LogP contribution in [0.1, 0.15) is 32.3 Å². The molecule has 1 aromatic carbocycles. The van der Waals surface area contributed by atoms with E-state index < -0.39 is 10.7 Å². The third kappa shape index (κ3) is 3.69. The van der Waals surface area contributed by atoms with Crippen LogP contribution in [0.4, 0.5) is 10.1 Å². The van der Waals surface area contributed by atoms with E-state index in [1.54, 1.807) is 6.92 Å². The van der Waals surface area contributed by atoms with Gasteiger partial charge in [-0.05, 0) is 25.8 Å². The van der Waals surface area contributed by atoms with Crippen LogP contribution in [0.25, 0.3) is 0 Å². The van der Waals surface area contributed by atoms with E-state index in [2.05, 4.69) is 29.8 Å². The second-order valence-corrected chi connectivity index (χ2v) is 5.52. The lowest BCUT2D eigenvalue weighted by Crippen LogP contribution is -2.29. The molecule has 1 rings (SSSR count). The first kappa shape index (κ1) is 16.9. The zero-order chi connectivity index (χ0) is 15.3. The molecule has 0 radical (unpaired) electrons. The zero-order valence-electron chi connectivity index (χ0n) is 11.9. The molecule has 0 fully saturated rings. The smallest absolute Gasteiger partial charge is 0.275 e. The minimum atomic E-state index is -0.696. The Balaban J connectivity index is 2.94. The Hall–Kier alpha value is -1.17. The van der Waals surface area contributed by atoms with Gasteiger partial charge in [0.15, 0.2) is 11.6 Å². The summed E-state index contributed by atoms with van der Waals surface area (Å²) < 4.78 is 19.4. The highest BCUT2D eigenvalue weighted by Crippen LogP contribution is 2.32. The predicted molar refractivity (Wildman–Crippen MR) is 80.1 cm³/mol. The van der Waals surface area contributed by atoms with Crippen LogP contribution < -0.4 is 4.74 Å². The normalized spacial score (nSPS) is 11.4. The molecule has 6 heteroatoms. The summed E-state index contributed by atoms with van der Waals surface area (Å²) in [5.74, 6) is -0.627. The number of alkyl halides is 1. The molecule has 20 heavy (non-hydrogen) atoms. The summed E-state index contributed by atoms with van der Waals surface area (Å²) in [5, 5.41) is 11.5. The molecule has 4 nitrogen and oxygen atoms in total. The highest BCUT2D eigenvalue weighted by Gasteiger charge is 2.27. The standard InChI is InChI=1S/C14H19BrFNO3/c1-4-14(5-2,8-15)9-20-13-6-10(3)12(17(18)19)7-11(13)16/h6-7H,4-5,8-9H2,1-3H3. The summed E-state index contributed by atoms with van der Waals surface area (Å²) in [4.78, 5) is 10.1. The second-order valence-electron chi connectivity index (χ2n) is 4.96. The van der Waals surface area contributed by atoms with Crippen molar-refractivity contribution in [1.29, 1.82) is 0 Å². The molecular formula is C14H19BrFNO3. The van der Waals surface area contributed by atoms with Gasteiger partial charge in [0.05, 0.1) is 17.6 Å². The minimum Gasteiger partial charge on any atom is -0.490 e. The number of hydrogen-bond acceptors (Lipinski definition) is 3. The van der Waals surface area contributed by atoms with Crippen LogP contribution in [0, 0.1) is 28.3 Å². The summed E-state index contributed by atoms with van der Waals surface area (Å²) >= 11 is 3.47. The lowest BCUT2D eigenvalue weighted by atomic mass is 9.86. The molecule has 0 atom stereocenters. The fourth-order valence-electron chi connectivity index (χ4n) is 1.86. The van der Waals surface area contributed by atoms with Crippen molar-refractivity contribution < 1.29 is 14.1 Å². The van der Waals surface area contributed by atoms with Gasteiger partial charge < -0.3 is 4.74 Å². The first-order valence-electron chi connectivity index (χ1n) is 6.52. The molecule has 0 aliphatic rings. The first-order valence-corrected chi connectivity index (χ1v) is 7.64. The molecule has 0 saturated carbocycles. The first-order chi connectivity index (χ1) is 9.39. The highest BCUT2D eigenvalue weighted by molar-refractivity contribution is 9.09. The number of hydrogen-bond donors (Lipinski definition) is 0. The van der Waals surface area contributed by atoms with Gasteiger partial charge in [-0.3, -0.25) is 10.1 Å². The third-order valence-corrected chi connectivity index (χ3v) is 4.95. The third-order valence-electron chi connectivity index (χ3n) is 3.76. The van der Waals surface area contributed by atoms with E-state index in [0.29, 0.717) is 12.2 Å². The molecule has 0 amide bonds. The topological polar surface area (TPSA) is 52.4 Å². The van der Waals surface area contributed by atoms with E-state index >= 15 is 0 Å². The summed E-state index contributed by atoms with van der Waals surface area (Å²) in [6.07, 6.45) is 1.81. The van der Waals surface area contributed by atoms with Gasteiger partial charge in [0.25, 0.3) is 5.69 Å². The van der Waals surface area contributed by atoms with Gasteiger partial charge in [0.1, 0.15) is 0 Å². The van der Waals surface area contributed by atoms with Crippen LogP contribution in [-0.2, 0) is 0 Å². The van der Waals surface area contributed by atoms with Crippen molar-refractivity contribution in [2.24, 2.45) is 5.41 Å². The average Bonchev–Trinajstić information content (AvgIpc) is 2.43. The number of halogens is 2. The van der Waals surface area contributed by atoms with E-state index in [4.69, 9.17) is 4.74 Å². The van der Waals surface area contributed by atoms with Gasteiger partial charge in [0, 0.05) is 16.3 Å². The molecule has 0 N–H and O–H groups in total. The Morgan fingerprint density at radius 3 is 2.45 bits per heavy atom. The van der Waals surface area contributed by atoms with Crippen molar-refractivity contribution >= 4 is 21.6 Å². The molecule has 0 aliphatic heterocycles. The van der Waals surface area contributed by atoms with Crippen molar-refractivity contribution in [3.8, 4) is 5.75 Å².